The van der Waals surface area contributed by atoms with Gasteiger partial charge >= 0.3 is 12.1 Å². The van der Waals surface area contributed by atoms with E-state index in [1.807, 2.05) is 11.8 Å². The zero-order valence-corrected chi connectivity index (χ0v) is 15.7. The zero-order chi connectivity index (χ0) is 18.3. The van der Waals surface area contributed by atoms with E-state index in [4.69, 9.17) is 0 Å². The van der Waals surface area contributed by atoms with Gasteiger partial charge in [0.05, 0.1) is 0 Å². The molecular weight excluding hydrogens is 332 g/mol. The lowest BCUT2D eigenvalue weighted by Gasteiger charge is -2.40. The summed E-state index contributed by atoms with van der Waals surface area (Å²) < 4.78 is 0. The van der Waals surface area contributed by atoms with Gasteiger partial charge in [0.25, 0.3) is 5.91 Å². The van der Waals surface area contributed by atoms with Crippen LogP contribution in [-0.4, -0.2) is 70.9 Å². The number of fused-ring (bicyclic) bond motifs is 1. The van der Waals surface area contributed by atoms with Crippen molar-refractivity contribution < 1.29 is 14.4 Å². The average molecular weight is 362 g/mol. The van der Waals surface area contributed by atoms with Crippen LogP contribution in [0, 0.1) is 5.41 Å². The van der Waals surface area contributed by atoms with E-state index in [0.29, 0.717) is 19.1 Å². The van der Waals surface area contributed by atoms with E-state index in [0.717, 1.165) is 45.2 Å². The van der Waals surface area contributed by atoms with E-state index in [1.165, 1.54) is 24.2 Å². The van der Waals surface area contributed by atoms with Gasteiger partial charge in [-0.1, -0.05) is 19.3 Å². The molecular formula is C19H30N4O3. The van der Waals surface area contributed by atoms with Crippen LogP contribution in [0.25, 0.3) is 0 Å². The third kappa shape index (κ3) is 2.95. The van der Waals surface area contributed by atoms with Crippen LogP contribution in [0.3, 0.4) is 0 Å². The van der Waals surface area contributed by atoms with E-state index in [2.05, 4.69) is 5.32 Å². The van der Waals surface area contributed by atoms with Crippen LogP contribution in [0.2, 0.25) is 0 Å². The second-order valence-electron chi connectivity index (χ2n) is 8.48. The van der Waals surface area contributed by atoms with Gasteiger partial charge in [0, 0.05) is 32.2 Å². The molecule has 0 radical (unpaired) electrons. The van der Waals surface area contributed by atoms with Gasteiger partial charge < -0.3 is 15.1 Å². The molecule has 7 heteroatoms. The lowest BCUT2D eigenvalue weighted by Crippen LogP contribution is -2.51. The summed E-state index contributed by atoms with van der Waals surface area (Å²) in [7, 11) is 0. The summed E-state index contributed by atoms with van der Waals surface area (Å²) in [5.41, 5.74) is 0.0113. The Morgan fingerprint density at radius 3 is 2.46 bits per heavy atom. The van der Waals surface area contributed by atoms with Gasteiger partial charge in [0.15, 0.2) is 0 Å². The highest BCUT2D eigenvalue weighted by atomic mass is 16.2. The summed E-state index contributed by atoms with van der Waals surface area (Å²) >= 11 is 0. The minimum atomic E-state index is -0.273. The average Bonchev–Trinajstić information content (AvgIpc) is 3.11. The van der Waals surface area contributed by atoms with Crippen molar-refractivity contribution in [2.45, 2.75) is 70.4 Å². The van der Waals surface area contributed by atoms with Crippen molar-refractivity contribution >= 4 is 18.0 Å². The number of rotatable bonds is 2. The maximum absolute atomic E-state index is 12.5. The molecule has 3 saturated heterocycles. The number of hydrogen-bond acceptors (Lipinski definition) is 3. The molecule has 1 unspecified atom stereocenters. The third-order valence-corrected chi connectivity index (χ3v) is 6.90. The largest absolute Gasteiger partial charge is 0.335 e. The summed E-state index contributed by atoms with van der Waals surface area (Å²) in [4.78, 5) is 42.4. The summed E-state index contributed by atoms with van der Waals surface area (Å²) in [6.07, 6.45) is 8.41. The molecule has 1 N–H and O–H groups in total. The number of carbonyl (C=O) groups excluding carboxylic acids is 3. The number of carbonyl (C=O) groups is 3. The van der Waals surface area contributed by atoms with Crippen molar-refractivity contribution in [1.82, 2.24) is 20.0 Å². The van der Waals surface area contributed by atoms with Crippen molar-refractivity contribution in [2.24, 2.45) is 5.41 Å². The first-order valence-electron chi connectivity index (χ1n) is 10.2. The normalized spacial score (nSPS) is 28.8. The van der Waals surface area contributed by atoms with E-state index in [-0.39, 0.29) is 29.4 Å². The quantitative estimate of drug-likeness (QED) is 0.765. The molecule has 4 fully saturated rings. The zero-order valence-electron chi connectivity index (χ0n) is 15.7. The van der Waals surface area contributed by atoms with Crippen molar-refractivity contribution in [3.63, 3.8) is 0 Å². The Hall–Kier alpha value is -1.79. The van der Waals surface area contributed by atoms with Crippen LogP contribution in [-0.2, 0) is 4.79 Å². The number of piperidine rings is 1. The predicted molar refractivity (Wildman–Crippen MR) is 96.5 cm³/mol. The van der Waals surface area contributed by atoms with Gasteiger partial charge in [0.1, 0.15) is 6.04 Å². The fourth-order valence-electron chi connectivity index (χ4n) is 5.26. The molecule has 1 spiro atoms. The van der Waals surface area contributed by atoms with E-state index < -0.39 is 0 Å². The van der Waals surface area contributed by atoms with Crippen LogP contribution >= 0.6 is 0 Å². The van der Waals surface area contributed by atoms with Gasteiger partial charge in [-0.2, -0.15) is 0 Å². The topological polar surface area (TPSA) is 73.0 Å². The van der Waals surface area contributed by atoms with E-state index in [1.54, 1.807) is 4.90 Å². The highest BCUT2D eigenvalue weighted by molar-refractivity contribution is 6.04. The summed E-state index contributed by atoms with van der Waals surface area (Å²) in [5, 5.41) is 3.20. The van der Waals surface area contributed by atoms with Gasteiger partial charge in [0.2, 0.25) is 0 Å². The highest BCUT2D eigenvalue weighted by Gasteiger charge is 2.56. The predicted octanol–water partition coefficient (Wildman–Crippen LogP) is 2.17. The molecule has 4 aliphatic rings. The Balaban J connectivity index is 1.32. The van der Waals surface area contributed by atoms with Gasteiger partial charge in [-0.15, -0.1) is 0 Å². The van der Waals surface area contributed by atoms with Gasteiger partial charge in [-0.25, -0.2) is 9.59 Å². The second kappa shape index (κ2) is 6.74. The molecule has 5 amide bonds. The van der Waals surface area contributed by atoms with Gasteiger partial charge in [-0.3, -0.25) is 9.69 Å². The minimum absolute atomic E-state index is 0.0113. The van der Waals surface area contributed by atoms with Crippen molar-refractivity contribution in [2.75, 3.05) is 26.2 Å². The molecule has 1 saturated carbocycles. The van der Waals surface area contributed by atoms with Crippen LogP contribution in [0.4, 0.5) is 9.59 Å². The molecule has 1 atom stereocenters. The molecule has 0 aromatic heterocycles. The van der Waals surface area contributed by atoms with Crippen LogP contribution in [0.1, 0.15) is 58.3 Å². The molecule has 4 rings (SSSR count). The first-order valence-corrected chi connectivity index (χ1v) is 10.2. The number of likely N-dealkylation sites (N-methyl/N-ethyl adjacent to an activating group) is 1. The fraction of sp³-hybridized carbons (Fsp3) is 0.842. The first kappa shape index (κ1) is 17.6. The molecule has 3 aliphatic heterocycles. The number of hydrogen-bond donors (Lipinski definition) is 1. The van der Waals surface area contributed by atoms with E-state index in [9.17, 15) is 14.4 Å². The Kier molecular flexibility index (Phi) is 4.57. The smallest absolute Gasteiger partial charge is 0.327 e. The molecule has 0 aromatic carbocycles. The maximum atomic E-state index is 12.5. The third-order valence-electron chi connectivity index (χ3n) is 6.90. The molecule has 0 aromatic rings. The van der Waals surface area contributed by atoms with Crippen LogP contribution in [0.15, 0.2) is 0 Å². The van der Waals surface area contributed by atoms with Crippen LogP contribution in [0.5, 0.6) is 0 Å². The van der Waals surface area contributed by atoms with Crippen molar-refractivity contribution in [1.29, 1.82) is 0 Å². The number of amides is 5. The molecule has 26 heavy (non-hydrogen) atoms. The summed E-state index contributed by atoms with van der Waals surface area (Å²) in [6.45, 7) is 4.40. The molecule has 7 nitrogen and oxygen atoms in total. The molecule has 144 valence electrons. The minimum Gasteiger partial charge on any atom is -0.335 e. The maximum Gasteiger partial charge on any atom is 0.327 e. The lowest BCUT2D eigenvalue weighted by atomic mass is 9.76. The highest BCUT2D eigenvalue weighted by Crippen LogP contribution is 2.46. The number of nitrogens with zero attached hydrogens (tertiary/aromatic N) is 3. The number of imide groups is 1. The summed E-state index contributed by atoms with van der Waals surface area (Å²) in [6, 6.07) is -0.00387. The first-order chi connectivity index (χ1) is 12.5. The SMILES string of the molecule is CCN1C(=O)C2CC3(CCN(C(=O)NC4CCCCC4)CC3)CN2C1=O. The number of nitrogens with one attached hydrogen (secondary N) is 1. The number of likely N-dealkylation sites (tertiary alicyclic amines) is 1. The second-order valence-corrected chi connectivity index (χ2v) is 8.48. The van der Waals surface area contributed by atoms with Crippen LogP contribution < -0.4 is 5.32 Å². The van der Waals surface area contributed by atoms with E-state index >= 15 is 0 Å². The van der Waals surface area contributed by atoms with Crippen molar-refractivity contribution in [3.8, 4) is 0 Å². The number of urea groups is 2. The fourth-order valence-corrected chi connectivity index (χ4v) is 5.26. The van der Waals surface area contributed by atoms with Gasteiger partial charge in [-0.05, 0) is 44.4 Å². The standard InChI is InChI=1S/C19H30N4O3/c1-2-22-16(24)15-12-19(13-23(15)18(22)26)8-10-21(11-9-19)17(25)20-14-6-4-3-5-7-14/h14-15H,2-13H2,1H3,(H,20,25). The summed E-state index contributed by atoms with van der Waals surface area (Å²) in [5.74, 6) is -0.0353. The molecule has 1 aliphatic carbocycles. The Morgan fingerprint density at radius 1 is 1.15 bits per heavy atom. The van der Waals surface area contributed by atoms with Crippen molar-refractivity contribution in [3.05, 3.63) is 0 Å². The Labute approximate surface area is 155 Å². The molecule has 3 heterocycles. The molecule has 0 bridgehead atoms. The lowest BCUT2D eigenvalue weighted by molar-refractivity contribution is -0.128. The monoisotopic (exact) mass is 362 g/mol. The Bertz CT molecular complexity index is 568. The Morgan fingerprint density at radius 2 is 1.85 bits per heavy atom.